The quantitative estimate of drug-likeness (QED) is 0.326. The second-order valence-corrected chi connectivity index (χ2v) is 10.0. The van der Waals surface area contributed by atoms with Gasteiger partial charge in [-0.25, -0.2) is 13.8 Å². The molecular formula is C31H47F2N5OS. The number of thioether (sulfide) groups is 1. The summed E-state index contributed by atoms with van der Waals surface area (Å²) in [5.74, 6) is 1.90. The summed E-state index contributed by atoms with van der Waals surface area (Å²) in [6.45, 7) is 19.9. The Kier molecular flexibility index (Phi) is 15.2. The second-order valence-electron chi connectivity index (χ2n) is 8.79. The highest BCUT2D eigenvalue weighted by molar-refractivity contribution is 7.99. The molecule has 0 spiro atoms. The first-order valence-corrected chi connectivity index (χ1v) is 15.9. The van der Waals surface area contributed by atoms with Crippen LogP contribution in [0, 0.1) is 11.6 Å². The summed E-state index contributed by atoms with van der Waals surface area (Å²) in [4.78, 5) is 14.4. The number of benzene rings is 2. The lowest BCUT2D eigenvalue weighted by molar-refractivity contribution is 0.122. The molecule has 3 heterocycles. The maximum atomic E-state index is 13.8. The first-order chi connectivity index (χ1) is 19.5. The highest BCUT2D eigenvalue weighted by Crippen LogP contribution is 2.29. The molecule has 1 atom stereocenters. The molecule has 2 aliphatic rings. The van der Waals surface area contributed by atoms with Crippen molar-refractivity contribution in [3.8, 4) is 0 Å². The Bertz CT molecular complexity index is 1130. The topological polar surface area (TPSA) is 53.5 Å². The Morgan fingerprint density at radius 1 is 0.900 bits per heavy atom. The summed E-state index contributed by atoms with van der Waals surface area (Å²) >= 11 is 1.99. The zero-order valence-corrected chi connectivity index (χ0v) is 26.1. The maximum absolute atomic E-state index is 13.8. The third-order valence-electron chi connectivity index (χ3n) is 6.28. The normalized spacial score (nSPS) is 16.0. The minimum atomic E-state index is -0.606. The van der Waals surface area contributed by atoms with E-state index in [1.807, 2.05) is 66.4 Å². The number of nitrogens with one attached hydrogen (secondary N) is 1. The Labute approximate surface area is 243 Å². The highest BCUT2D eigenvalue weighted by atomic mass is 32.2. The van der Waals surface area contributed by atoms with E-state index in [4.69, 9.17) is 14.7 Å². The Morgan fingerprint density at radius 2 is 1.52 bits per heavy atom. The van der Waals surface area contributed by atoms with Gasteiger partial charge in [-0.2, -0.15) is 11.8 Å². The zero-order chi connectivity index (χ0) is 29.5. The van der Waals surface area contributed by atoms with Crippen LogP contribution >= 0.6 is 11.8 Å². The maximum Gasteiger partial charge on any atom is 0.148 e. The van der Waals surface area contributed by atoms with Crippen LogP contribution in [0.15, 0.2) is 36.5 Å². The fourth-order valence-corrected chi connectivity index (χ4v) is 5.52. The average Bonchev–Trinajstić information content (AvgIpc) is 3.00. The molecule has 1 N–H and O–H groups in total. The molecule has 2 fully saturated rings. The summed E-state index contributed by atoms with van der Waals surface area (Å²) in [6.07, 6.45) is 1.83. The Hall–Kier alpha value is -2.49. The van der Waals surface area contributed by atoms with Gasteiger partial charge in [-0.1, -0.05) is 47.6 Å². The van der Waals surface area contributed by atoms with Gasteiger partial charge in [-0.05, 0) is 30.7 Å². The van der Waals surface area contributed by atoms with E-state index < -0.39 is 11.6 Å². The monoisotopic (exact) mass is 575 g/mol. The van der Waals surface area contributed by atoms with E-state index in [2.05, 4.69) is 27.2 Å². The van der Waals surface area contributed by atoms with E-state index in [0.717, 1.165) is 72.7 Å². The van der Waals surface area contributed by atoms with Crippen molar-refractivity contribution in [1.82, 2.24) is 14.9 Å². The summed E-state index contributed by atoms with van der Waals surface area (Å²) in [5, 5.41) is 3.26. The molecule has 0 radical (unpaired) electrons. The number of hydrogen-bond donors (Lipinski definition) is 1. The molecule has 9 heteroatoms. The van der Waals surface area contributed by atoms with Crippen molar-refractivity contribution in [3.05, 3.63) is 59.3 Å². The molecule has 3 aromatic rings. The average molecular weight is 576 g/mol. The molecule has 1 aromatic heterocycles. The molecule has 40 heavy (non-hydrogen) atoms. The van der Waals surface area contributed by atoms with E-state index in [0.29, 0.717) is 18.9 Å². The summed E-state index contributed by atoms with van der Waals surface area (Å²) in [7, 11) is 0. The van der Waals surface area contributed by atoms with Crippen LogP contribution < -0.4 is 10.2 Å². The van der Waals surface area contributed by atoms with Gasteiger partial charge in [0, 0.05) is 61.5 Å². The summed E-state index contributed by atoms with van der Waals surface area (Å²) < 4.78 is 33.1. The molecule has 0 amide bonds. The zero-order valence-electron chi connectivity index (χ0n) is 25.3. The van der Waals surface area contributed by atoms with Crippen LogP contribution in [0.1, 0.15) is 65.6 Å². The molecule has 2 aliphatic heterocycles. The van der Waals surface area contributed by atoms with Crippen LogP contribution in [0.4, 0.5) is 20.3 Å². The lowest BCUT2D eigenvalue weighted by Crippen LogP contribution is -2.36. The van der Waals surface area contributed by atoms with Gasteiger partial charge in [-0.15, -0.1) is 0 Å². The van der Waals surface area contributed by atoms with E-state index in [9.17, 15) is 8.78 Å². The Morgan fingerprint density at radius 3 is 2.15 bits per heavy atom. The molecule has 0 aliphatic carbocycles. The van der Waals surface area contributed by atoms with Gasteiger partial charge in [-0.3, -0.25) is 9.88 Å². The van der Waals surface area contributed by atoms with Crippen molar-refractivity contribution in [3.63, 3.8) is 0 Å². The lowest BCUT2D eigenvalue weighted by atomic mass is 10.0. The van der Waals surface area contributed by atoms with Crippen molar-refractivity contribution < 1.29 is 13.5 Å². The number of ether oxygens (including phenoxy) is 1. The van der Waals surface area contributed by atoms with E-state index in [1.165, 1.54) is 17.7 Å². The summed E-state index contributed by atoms with van der Waals surface area (Å²) in [6, 6.07) is 7.54. The third-order valence-corrected chi connectivity index (χ3v) is 7.22. The Balaban J connectivity index is 0.000000876. The van der Waals surface area contributed by atoms with Gasteiger partial charge < -0.3 is 15.0 Å². The number of hydrogen-bond acceptors (Lipinski definition) is 7. The fraction of sp³-hybridized carbons (Fsp3) is 0.548. The molecule has 0 saturated carbocycles. The first-order valence-electron chi connectivity index (χ1n) is 14.7. The van der Waals surface area contributed by atoms with E-state index in [-0.39, 0.29) is 6.04 Å². The SMILES string of the molecule is CC.CC.CC.CC(Nc1cc(F)cc(F)c1)c1cc(CN2CCSCC2)cc2ncc(N3CCOCC3)nc12. The van der Waals surface area contributed by atoms with E-state index >= 15 is 0 Å². The number of fused-ring (bicyclic) bond motifs is 1. The van der Waals surface area contributed by atoms with Crippen molar-refractivity contribution in [2.45, 2.75) is 61.1 Å². The van der Waals surface area contributed by atoms with Gasteiger partial charge >= 0.3 is 0 Å². The van der Waals surface area contributed by atoms with E-state index in [1.54, 1.807) is 0 Å². The van der Waals surface area contributed by atoms with Crippen LogP contribution in [0.5, 0.6) is 0 Å². The molecule has 1 unspecified atom stereocenters. The molecule has 2 saturated heterocycles. The molecular weight excluding hydrogens is 528 g/mol. The van der Waals surface area contributed by atoms with Crippen molar-refractivity contribution >= 4 is 34.3 Å². The third kappa shape index (κ3) is 9.56. The molecule has 222 valence electrons. The van der Waals surface area contributed by atoms with Gasteiger partial charge in [0.05, 0.1) is 36.5 Å². The number of morpholine rings is 1. The van der Waals surface area contributed by atoms with Crippen molar-refractivity contribution in [1.29, 1.82) is 0 Å². The molecule has 2 aromatic carbocycles. The van der Waals surface area contributed by atoms with Crippen LogP contribution in [0.2, 0.25) is 0 Å². The molecule has 0 bridgehead atoms. The largest absolute Gasteiger partial charge is 0.378 e. The van der Waals surface area contributed by atoms with Crippen LogP contribution in [-0.2, 0) is 11.3 Å². The number of anilines is 2. The van der Waals surface area contributed by atoms with Crippen molar-refractivity contribution in [2.24, 2.45) is 0 Å². The van der Waals surface area contributed by atoms with Crippen LogP contribution in [0.3, 0.4) is 0 Å². The lowest BCUT2D eigenvalue weighted by Gasteiger charge is -2.28. The minimum absolute atomic E-state index is 0.227. The predicted molar refractivity (Wildman–Crippen MR) is 168 cm³/mol. The van der Waals surface area contributed by atoms with Crippen LogP contribution in [0.25, 0.3) is 11.0 Å². The van der Waals surface area contributed by atoms with Crippen molar-refractivity contribution in [2.75, 3.05) is 61.1 Å². The van der Waals surface area contributed by atoms with Gasteiger partial charge in [0.25, 0.3) is 0 Å². The van der Waals surface area contributed by atoms with Gasteiger partial charge in [0.2, 0.25) is 0 Å². The van der Waals surface area contributed by atoms with Crippen LogP contribution in [-0.4, -0.2) is 65.8 Å². The molecule has 6 nitrogen and oxygen atoms in total. The number of rotatable bonds is 6. The number of nitrogens with zero attached hydrogens (tertiary/aromatic N) is 4. The minimum Gasteiger partial charge on any atom is -0.378 e. The standard InChI is InChI=1S/C25H29F2N5OS.3C2H6/c1-17(29-21-13-19(26)12-20(27)14-21)22-10-18(16-31-4-8-34-9-5-31)11-23-25(22)30-24(15-28-23)32-2-6-33-7-3-32;3*1-2/h10-15,17,29H,2-9,16H2,1H3;3*1-2H3. The van der Waals surface area contributed by atoms with Gasteiger partial charge in [0.15, 0.2) is 0 Å². The first kappa shape index (κ1) is 33.7. The number of aromatic nitrogens is 2. The second kappa shape index (κ2) is 18.0. The smallest absolute Gasteiger partial charge is 0.148 e. The fourth-order valence-electron chi connectivity index (χ4n) is 4.54. The summed E-state index contributed by atoms with van der Waals surface area (Å²) in [5.41, 5.74) is 4.16. The van der Waals surface area contributed by atoms with Gasteiger partial charge in [0.1, 0.15) is 17.5 Å². The molecule has 5 rings (SSSR count). The number of halogens is 2. The predicted octanol–water partition coefficient (Wildman–Crippen LogP) is 7.55. The highest BCUT2D eigenvalue weighted by Gasteiger charge is 2.19.